The summed E-state index contributed by atoms with van der Waals surface area (Å²) in [7, 11) is 1.49. The molecule has 0 aliphatic carbocycles. The molecule has 9 heteroatoms. The van der Waals surface area contributed by atoms with Gasteiger partial charge in [0.05, 0.1) is 18.7 Å². The zero-order valence-corrected chi connectivity index (χ0v) is 16.7. The number of esters is 1. The van der Waals surface area contributed by atoms with E-state index in [1.807, 2.05) is 6.92 Å². The number of rotatable bonds is 8. The first-order chi connectivity index (χ1) is 13.3. The molecule has 1 aromatic heterocycles. The number of anilines is 1. The summed E-state index contributed by atoms with van der Waals surface area (Å²) in [6, 6.07) is 4.85. The van der Waals surface area contributed by atoms with E-state index in [4.69, 9.17) is 30.3 Å². The molecule has 2 rings (SSSR count). The van der Waals surface area contributed by atoms with Crippen molar-refractivity contribution >= 4 is 35.4 Å². The van der Waals surface area contributed by atoms with Crippen LogP contribution in [0.2, 0.25) is 5.02 Å². The van der Waals surface area contributed by atoms with Crippen LogP contribution in [0, 0.1) is 6.92 Å². The number of hydrogen-bond donors (Lipinski definition) is 1. The minimum absolute atomic E-state index is 0.247. The summed E-state index contributed by atoms with van der Waals surface area (Å²) in [5, 5.41) is 6.48. The molecular formula is C19H21ClN2O6. The summed E-state index contributed by atoms with van der Waals surface area (Å²) < 4.78 is 20.6. The molecule has 8 nitrogen and oxygen atoms in total. The molecule has 28 heavy (non-hydrogen) atoms. The SMILES string of the molecule is CCOc1cc(/C=C/C(=O)O[C@@H](C)C(=O)Nc2cc(C)on2)cc(Cl)c1OC. The van der Waals surface area contributed by atoms with E-state index >= 15 is 0 Å². The van der Waals surface area contributed by atoms with Gasteiger partial charge in [-0.15, -0.1) is 0 Å². The molecule has 1 heterocycles. The van der Waals surface area contributed by atoms with Crippen LogP contribution in [0.15, 0.2) is 28.8 Å². The minimum atomic E-state index is -1.02. The van der Waals surface area contributed by atoms with Crippen molar-refractivity contribution in [3.63, 3.8) is 0 Å². The normalized spacial score (nSPS) is 11.9. The first-order valence-electron chi connectivity index (χ1n) is 8.47. The lowest BCUT2D eigenvalue weighted by Gasteiger charge is -2.12. The molecule has 0 radical (unpaired) electrons. The molecule has 1 N–H and O–H groups in total. The van der Waals surface area contributed by atoms with E-state index < -0.39 is 18.0 Å². The third-order valence-corrected chi connectivity index (χ3v) is 3.77. The first kappa shape index (κ1) is 21.3. The standard InChI is InChI=1S/C19H21ClN2O6/c1-5-26-15-10-13(9-14(20)18(15)25-4)6-7-17(23)27-12(3)19(24)21-16-8-11(2)28-22-16/h6-10,12H,5H2,1-4H3,(H,21,22,24)/b7-6+/t12-/m0/s1. The number of carbonyl (C=O) groups excluding carboxylic acids is 2. The molecule has 0 bridgehead atoms. The van der Waals surface area contributed by atoms with Crippen molar-refractivity contribution in [1.82, 2.24) is 5.16 Å². The molecule has 0 aliphatic heterocycles. The number of benzene rings is 1. The van der Waals surface area contributed by atoms with Crippen molar-refractivity contribution in [1.29, 1.82) is 0 Å². The zero-order valence-electron chi connectivity index (χ0n) is 15.9. The average molecular weight is 409 g/mol. The number of carbonyl (C=O) groups is 2. The summed E-state index contributed by atoms with van der Waals surface area (Å²) >= 11 is 6.17. The van der Waals surface area contributed by atoms with Crippen LogP contribution in [0.4, 0.5) is 5.82 Å². The smallest absolute Gasteiger partial charge is 0.331 e. The predicted molar refractivity (Wildman–Crippen MR) is 104 cm³/mol. The Morgan fingerprint density at radius 1 is 1.36 bits per heavy atom. The van der Waals surface area contributed by atoms with Crippen LogP contribution in [0.1, 0.15) is 25.2 Å². The molecule has 0 unspecified atom stereocenters. The Bertz CT molecular complexity index is 877. The van der Waals surface area contributed by atoms with Gasteiger partial charge in [0.2, 0.25) is 0 Å². The van der Waals surface area contributed by atoms with Gasteiger partial charge in [-0.1, -0.05) is 16.8 Å². The van der Waals surface area contributed by atoms with Gasteiger partial charge in [-0.2, -0.15) is 0 Å². The van der Waals surface area contributed by atoms with Gasteiger partial charge in [-0.25, -0.2) is 4.79 Å². The maximum absolute atomic E-state index is 12.0. The van der Waals surface area contributed by atoms with Crippen molar-refractivity contribution < 1.29 is 28.3 Å². The summed E-state index contributed by atoms with van der Waals surface area (Å²) in [4.78, 5) is 24.0. The molecule has 2 aromatic rings. The number of nitrogens with one attached hydrogen (secondary N) is 1. The van der Waals surface area contributed by atoms with Gasteiger partial charge in [-0.05, 0) is 44.5 Å². The highest BCUT2D eigenvalue weighted by atomic mass is 35.5. The Morgan fingerprint density at radius 3 is 2.71 bits per heavy atom. The quantitative estimate of drug-likeness (QED) is 0.525. The number of aromatic nitrogens is 1. The van der Waals surface area contributed by atoms with Crippen LogP contribution in [0.3, 0.4) is 0 Å². The lowest BCUT2D eigenvalue weighted by atomic mass is 10.2. The minimum Gasteiger partial charge on any atom is -0.491 e. The second-order valence-corrected chi connectivity index (χ2v) is 6.10. The van der Waals surface area contributed by atoms with Crippen LogP contribution < -0.4 is 14.8 Å². The highest BCUT2D eigenvalue weighted by Gasteiger charge is 2.18. The summed E-state index contributed by atoms with van der Waals surface area (Å²) in [6.07, 6.45) is 1.67. The number of ether oxygens (including phenoxy) is 3. The monoisotopic (exact) mass is 408 g/mol. The Morgan fingerprint density at radius 2 is 2.11 bits per heavy atom. The maximum Gasteiger partial charge on any atom is 0.331 e. The Hall–Kier alpha value is -3.00. The second kappa shape index (κ2) is 9.80. The van der Waals surface area contributed by atoms with E-state index in [-0.39, 0.29) is 5.82 Å². The lowest BCUT2D eigenvalue weighted by molar-refractivity contribution is -0.148. The molecule has 0 aliphatic rings. The maximum atomic E-state index is 12.0. The van der Waals surface area contributed by atoms with Crippen LogP contribution in [0.25, 0.3) is 6.08 Å². The second-order valence-electron chi connectivity index (χ2n) is 5.69. The van der Waals surface area contributed by atoms with Gasteiger partial charge in [0.15, 0.2) is 23.4 Å². The number of halogens is 1. The number of aryl methyl sites for hydroxylation is 1. The fraction of sp³-hybridized carbons (Fsp3) is 0.316. The molecule has 1 amide bonds. The highest BCUT2D eigenvalue weighted by Crippen LogP contribution is 2.36. The van der Waals surface area contributed by atoms with Crippen molar-refractivity contribution in [3.8, 4) is 11.5 Å². The highest BCUT2D eigenvalue weighted by molar-refractivity contribution is 6.32. The fourth-order valence-electron chi connectivity index (χ4n) is 2.23. The van der Waals surface area contributed by atoms with Crippen molar-refractivity contribution in [2.24, 2.45) is 0 Å². The summed E-state index contributed by atoms with van der Waals surface area (Å²) in [5.74, 6) is 0.451. The number of hydrogen-bond acceptors (Lipinski definition) is 7. The van der Waals surface area contributed by atoms with Gasteiger partial charge >= 0.3 is 5.97 Å². The van der Waals surface area contributed by atoms with Crippen molar-refractivity contribution in [2.75, 3.05) is 19.0 Å². The number of methoxy groups -OCH3 is 1. The molecule has 0 spiro atoms. The van der Waals surface area contributed by atoms with E-state index in [2.05, 4.69) is 10.5 Å². The third-order valence-electron chi connectivity index (χ3n) is 3.49. The predicted octanol–water partition coefficient (Wildman–Crippen LogP) is 3.63. The van der Waals surface area contributed by atoms with E-state index in [9.17, 15) is 9.59 Å². The molecular weight excluding hydrogens is 388 g/mol. The Labute approximate surface area is 167 Å². The third kappa shape index (κ3) is 5.75. The summed E-state index contributed by atoms with van der Waals surface area (Å²) in [5.41, 5.74) is 0.612. The molecule has 1 atom stereocenters. The van der Waals surface area contributed by atoms with Gasteiger partial charge in [0, 0.05) is 12.1 Å². The largest absolute Gasteiger partial charge is 0.491 e. The van der Waals surface area contributed by atoms with Crippen molar-refractivity contribution in [3.05, 3.63) is 40.6 Å². The molecule has 0 fully saturated rings. The van der Waals surface area contributed by atoms with Crippen LogP contribution >= 0.6 is 11.6 Å². The van der Waals surface area contributed by atoms with Gasteiger partial charge in [0.25, 0.3) is 5.91 Å². The first-order valence-corrected chi connectivity index (χ1v) is 8.85. The van der Waals surface area contributed by atoms with E-state index in [1.54, 1.807) is 25.1 Å². The molecule has 0 saturated heterocycles. The number of nitrogens with zero attached hydrogens (tertiary/aromatic N) is 1. The molecule has 1 aromatic carbocycles. The van der Waals surface area contributed by atoms with Crippen LogP contribution in [0.5, 0.6) is 11.5 Å². The Kier molecular flexibility index (Phi) is 7.45. The Balaban J connectivity index is 1.99. The van der Waals surface area contributed by atoms with Crippen LogP contribution in [-0.2, 0) is 14.3 Å². The van der Waals surface area contributed by atoms with Gasteiger partial charge in [-0.3, -0.25) is 4.79 Å². The molecule has 150 valence electrons. The van der Waals surface area contributed by atoms with E-state index in [0.717, 1.165) is 0 Å². The van der Waals surface area contributed by atoms with Gasteiger partial charge in [0.1, 0.15) is 5.76 Å². The van der Waals surface area contributed by atoms with E-state index in [0.29, 0.717) is 34.5 Å². The molecule has 0 saturated carbocycles. The fourth-order valence-corrected chi connectivity index (χ4v) is 2.53. The van der Waals surface area contributed by atoms with Crippen LogP contribution in [-0.4, -0.2) is 36.9 Å². The topological polar surface area (TPSA) is 99.9 Å². The van der Waals surface area contributed by atoms with E-state index in [1.165, 1.54) is 26.2 Å². The lowest BCUT2D eigenvalue weighted by Crippen LogP contribution is -2.29. The average Bonchev–Trinajstić information content (AvgIpc) is 3.04. The zero-order chi connectivity index (χ0) is 20.7. The van der Waals surface area contributed by atoms with Gasteiger partial charge < -0.3 is 24.1 Å². The van der Waals surface area contributed by atoms with Crippen molar-refractivity contribution in [2.45, 2.75) is 26.9 Å². The number of amides is 1. The summed E-state index contributed by atoms with van der Waals surface area (Å²) in [6.45, 7) is 5.41.